The van der Waals surface area contributed by atoms with Crippen LogP contribution in [-0.2, 0) is 9.59 Å². The summed E-state index contributed by atoms with van der Waals surface area (Å²) in [5.74, 6) is -2.49. The molecule has 3 rings (SSSR count). The van der Waals surface area contributed by atoms with E-state index in [1.165, 1.54) is 19.3 Å². The first-order valence-electron chi connectivity index (χ1n) is 11.4. The maximum Gasteiger partial charge on any atom is 0.244 e. The van der Waals surface area contributed by atoms with Gasteiger partial charge in [0.25, 0.3) is 0 Å². The quantitative estimate of drug-likeness (QED) is 0.215. The van der Waals surface area contributed by atoms with Gasteiger partial charge in [0.05, 0.1) is 24.1 Å². The monoisotopic (exact) mass is 491 g/mol. The highest BCUT2D eigenvalue weighted by atomic mass is 16.3. The number of amides is 2. The molecule has 3 aromatic rings. The Kier molecular flexibility index (Phi) is 8.56. The van der Waals surface area contributed by atoms with E-state index in [1.807, 2.05) is 6.07 Å². The first-order valence-corrected chi connectivity index (χ1v) is 11.4. The molecule has 0 radical (unpaired) electrons. The minimum Gasteiger partial charge on any atom is -0.494 e. The fourth-order valence-electron chi connectivity index (χ4n) is 3.70. The summed E-state index contributed by atoms with van der Waals surface area (Å²) in [4.78, 5) is 48.9. The molecule has 10 heteroatoms. The number of rotatable bonds is 10. The van der Waals surface area contributed by atoms with Crippen molar-refractivity contribution in [2.75, 3.05) is 0 Å². The Balaban J connectivity index is 1.75. The molecule has 10 nitrogen and oxygen atoms in total. The Hall–Kier alpha value is -4.47. The molecule has 2 heterocycles. The molecule has 0 unspecified atom stereocenters. The largest absolute Gasteiger partial charge is 0.494 e. The van der Waals surface area contributed by atoms with Crippen LogP contribution in [0.3, 0.4) is 0 Å². The molecule has 0 aliphatic carbocycles. The molecular formula is C26H29N5O5. The Morgan fingerprint density at radius 2 is 1.69 bits per heavy atom. The van der Waals surface area contributed by atoms with Gasteiger partial charge in [-0.05, 0) is 24.5 Å². The Labute approximate surface area is 208 Å². The van der Waals surface area contributed by atoms with Crippen LogP contribution in [0.1, 0.15) is 53.4 Å². The molecule has 0 aliphatic heterocycles. The summed E-state index contributed by atoms with van der Waals surface area (Å²) in [6.45, 7) is 5.01. The molecule has 2 aromatic heterocycles. The number of Topliss-reactive ketones (excluding diaryl/α,β-unsaturated/α-hetero) is 1. The molecule has 0 bridgehead atoms. The SMILES string of the molecule is Cc1c(O)[nH]c(O)c1C(=O)[C@@H](NC(=O)C[C@H](NC(=O)C=Cc1cncnc1)c1ccccc1)C(C)C. The van der Waals surface area contributed by atoms with Crippen molar-refractivity contribution in [3.05, 3.63) is 77.4 Å². The van der Waals surface area contributed by atoms with Gasteiger partial charge in [-0.15, -0.1) is 0 Å². The minimum absolute atomic E-state index is 0.0746. The number of hydrogen-bond donors (Lipinski definition) is 5. The second kappa shape index (κ2) is 11.8. The fraction of sp³-hybridized carbons (Fsp3) is 0.269. The number of aromatic amines is 1. The summed E-state index contributed by atoms with van der Waals surface area (Å²) in [7, 11) is 0. The molecule has 1 aromatic carbocycles. The van der Waals surface area contributed by atoms with Crippen LogP contribution in [0.25, 0.3) is 6.08 Å². The predicted octanol–water partition coefficient (Wildman–Crippen LogP) is 2.81. The second-order valence-electron chi connectivity index (χ2n) is 8.66. The van der Waals surface area contributed by atoms with Crippen LogP contribution in [-0.4, -0.2) is 48.8 Å². The van der Waals surface area contributed by atoms with Crippen molar-refractivity contribution in [1.29, 1.82) is 0 Å². The first kappa shape index (κ1) is 26.1. The normalized spacial score (nSPS) is 12.9. The number of ketones is 1. The van der Waals surface area contributed by atoms with E-state index in [4.69, 9.17) is 0 Å². The van der Waals surface area contributed by atoms with Crippen molar-refractivity contribution in [3.8, 4) is 11.8 Å². The standard InChI is InChI=1S/C26H29N5O5/c1-15(2)23(24(34)22-16(3)25(35)31-26(22)36)30-21(33)11-19(18-7-5-4-6-8-18)29-20(32)10-9-17-12-27-14-28-13-17/h4-10,12-15,19,23,31,35-36H,11H2,1-3H3,(H,29,32)(H,30,33)/t19-,23-/m0/s1. The molecule has 0 saturated heterocycles. The number of aromatic hydroxyl groups is 2. The van der Waals surface area contributed by atoms with E-state index in [1.54, 1.807) is 56.6 Å². The Bertz CT molecular complexity index is 1240. The van der Waals surface area contributed by atoms with Crippen molar-refractivity contribution in [1.82, 2.24) is 25.6 Å². The maximum atomic E-state index is 13.1. The van der Waals surface area contributed by atoms with Gasteiger partial charge in [0.15, 0.2) is 11.7 Å². The molecule has 0 spiro atoms. The lowest BCUT2D eigenvalue weighted by molar-refractivity contribution is -0.123. The smallest absolute Gasteiger partial charge is 0.244 e. The van der Waals surface area contributed by atoms with Crippen LogP contribution in [0.4, 0.5) is 0 Å². The predicted molar refractivity (Wildman–Crippen MR) is 133 cm³/mol. The van der Waals surface area contributed by atoms with Crippen LogP contribution in [0.2, 0.25) is 0 Å². The molecule has 36 heavy (non-hydrogen) atoms. The molecular weight excluding hydrogens is 462 g/mol. The Morgan fingerprint density at radius 1 is 1.03 bits per heavy atom. The number of hydrogen-bond acceptors (Lipinski definition) is 7. The van der Waals surface area contributed by atoms with Crippen LogP contribution in [0.5, 0.6) is 11.8 Å². The van der Waals surface area contributed by atoms with Crippen LogP contribution >= 0.6 is 0 Å². The average molecular weight is 492 g/mol. The summed E-state index contributed by atoms with van der Waals surface area (Å²) in [5, 5.41) is 25.4. The highest BCUT2D eigenvalue weighted by Gasteiger charge is 2.31. The summed E-state index contributed by atoms with van der Waals surface area (Å²) in [6, 6.07) is 7.39. The van der Waals surface area contributed by atoms with E-state index in [-0.39, 0.29) is 29.3 Å². The van der Waals surface area contributed by atoms with Gasteiger partial charge in [0.2, 0.25) is 17.7 Å². The van der Waals surface area contributed by atoms with Gasteiger partial charge >= 0.3 is 0 Å². The summed E-state index contributed by atoms with van der Waals surface area (Å²) >= 11 is 0. The van der Waals surface area contributed by atoms with E-state index in [9.17, 15) is 24.6 Å². The first-order chi connectivity index (χ1) is 17.2. The highest BCUT2D eigenvalue weighted by molar-refractivity contribution is 6.05. The van der Waals surface area contributed by atoms with E-state index < -0.39 is 35.6 Å². The molecule has 188 valence electrons. The number of carbonyl (C=O) groups excluding carboxylic acids is 3. The lowest BCUT2D eigenvalue weighted by atomic mass is 9.93. The zero-order valence-electron chi connectivity index (χ0n) is 20.2. The van der Waals surface area contributed by atoms with Gasteiger partial charge in [-0.3, -0.25) is 19.4 Å². The number of nitrogens with zero attached hydrogens (tertiary/aromatic N) is 2. The number of aromatic nitrogens is 3. The van der Waals surface area contributed by atoms with Crippen LogP contribution in [0.15, 0.2) is 55.1 Å². The van der Waals surface area contributed by atoms with Crippen LogP contribution in [0, 0.1) is 12.8 Å². The molecule has 0 saturated carbocycles. The van der Waals surface area contributed by atoms with Crippen molar-refractivity contribution >= 4 is 23.7 Å². The van der Waals surface area contributed by atoms with Gasteiger partial charge in [-0.2, -0.15) is 0 Å². The summed E-state index contributed by atoms with van der Waals surface area (Å²) < 4.78 is 0. The van der Waals surface area contributed by atoms with Gasteiger partial charge < -0.3 is 20.8 Å². The van der Waals surface area contributed by atoms with Crippen molar-refractivity contribution in [2.45, 2.75) is 39.3 Å². The van der Waals surface area contributed by atoms with Gasteiger partial charge in [-0.1, -0.05) is 44.2 Å². The van der Waals surface area contributed by atoms with Gasteiger partial charge in [0.1, 0.15) is 6.33 Å². The summed E-state index contributed by atoms with van der Waals surface area (Å²) in [5.41, 5.74) is 1.49. The third-order valence-electron chi connectivity index (χ3n) is 5.63. The topological polar surface area (TPSA) is 157 Å². The fourth-order valence-corrected chi connectivity index (χ4v) is 3.70. The third kappa shape index (κ3) is 6.56. The second-order valence-corrected chi connectivity index (χ2v) is 8.66. The molecule has 2 atom stereocenters. The number of benzene rings is 1. The average Bonchev–Trinajstić information content (AvgIpc) is 3.12. The highest BCUT2D eigenvalue weighted by Crippen LogP contribution is 2.30. The third-order valence-corrected chi connectivity index (χ3v) is 5.63. The molecule has 5 N–H and O–H groups in total. The maximum absolute atomic E-state index is 13.1. The van der Waals surface area contributed by atoms with E-state index in [0.29, 0.717) is 11.1 Å². The minimum atomic E-state index is -0.956. The zero-order valence-corrected chi connectivity index (χ0v) is 20.2. The summed E-state index contributed by atoms with van der Waals surface area (Å²) in [6.07, 6.45) is 7.27. The van der Waals surface area contributed by atoms with Gasteiger partial charge in [-0.25, -0.2) is 9.97 Å². The lowest BCUT2D eigenvalue weighted by Crippen LogP contribution is -2.45. The lowest BCUT2D eigenvalue weighted by Gasteiger charge is -2.24. The van der Waals surface area contributed by atoms with Crippen molar-refractivity contribution in [3.63, 3.8) is 0 Å². The van der Waals surface area contributed by atoms with Crippen LogP contribution < -0.4 is 10.6 Å². The molecule has 2 amide bonds. The van der Waals surface area contributed by atoms with E-state index in [0.717, 1.165) is 0 Å². The van der Waals surface area contributed by atoms with Crippen molar-refractivity contribution in [2.24, 2.45) is 5.92 Å². The van der Waals surface area contributed by atoms with E-state index >= 15 is 0 Å². The zero-order chi connectivity index (χ0) is 26.2. The van der Waals surface area contributed by atoms with E-state index in [2.05, 4.69) is 25.6 Å². The number of carbonyl (C=O) groups is 3. The van der Waals surface area contributed by atoms with Crippen molar-refractivity contribution < 1.29 is 24.6 Å². The molecule has 0 aliphatic rings. The Morgan fingerprint density at radius 3 is 2.28 bits per heavy atom. The van der Waals surface area contributed by atoms with Gasteiger partial charge in [0, 0.05) is 29.6 Å². The molecule has 0 fully saturated rings. The number of H-pyrrole nitrogens is 1. The number of nitrogens with one attached hydrogen (secondary N) is 3.